The Hall–Kier alpha value is -1.81. The van der Waals surface area contributed by atoms with Gasteiger partial charge in [-0.1, -0.05) is 49.2 Å². The molecule has 0 spiro atoms. The zero-order valence-electron chi connectivity index (χ0n) is 10.8. The third kappa shape index (κ3) is 1.91. The van der Waals surface area contributed by atoms with E-state index in [1.54, 1.807) is 0 Å². The highest BCUT2D eigenvalue weighted by Gasteiger charge is 2.15. The van der Waals surface area contributed by atoms with E-state index >= 15 is 0 Å². The van der Waals surface area contributed by atoms with Crippen LogP contribution in [0.1, 0.15) is 36.5 Å². The third-order valence-corrected chi connectivity index (χ3v) is 3.32. The molecule has 2 aliphatic carbocycles. The van der Waals surface area contributed by atoms with Crippen molar-refractivity contribution >= 4 is 5.69 Å². The monoisotopic (exact) mass is 223 g/mol. The summed E-state index contributed by atoms with van der Waals surface area (Å²) in [7, 11) is 0. The van der Waals surface area contributed by atoms with E-state index < -0.39 is 0 Å². The van der Waals surface area contributed by atoms with E-state index in [0.717, 1.165) is 11.3 Å². The van der Waals surface area contributed by atoms with Gasteiger partial charge in [-0.25, -0.2) is 4.85 Å². The van der Waals surface area contributed by atoms with Crippen LogP contribution in [0.3, 0.4) is 0 Å². The summed E-state index contributed by atoms with van der Waals surface area (Å²) >= 11 is 0. The Morgan fingerprint density at radius 1 is 1.06 bits per heavy atom. The van der Waals surface area contributed by atoms with E-state index in [4.69, 9.17) is 6.57 Å². The molecule has 17 heavy (non-hydrogen) atoms. The van der Waals surface area contributed by atoms with E-state index in [0.29, 0.717) is 5.92 Å². The van der Waals surface area contributed by atoms with Crippen molar-refractivity contribution in [3.63, 3.8) is 0 Å². The first-order valence-corrected chi connectivity index (χ1v) is 5.96. The highest BCUT2D eigenvalue weighted by Crippen LogP contribution is 2.40. The van der Waals surface area contributed by atoms with Gasteiger partial charge in [0.25, 0.3) is 0 Å². The van der Waals surface area contributed by atoms with Gasteiger partial charge in [-0.05, 0) is 36.5 Å². The second-order valence-electron chi connectivity index (χ2n) is 4.93. The standard InChI is InChI=1S/C16H17N/c1-10(2)13-7-6-11(3)16-14(9-13)12(4)8-15(16)17-5/h6-10H,1-4H3. The van der Waals surface area contributed by atoms with Gasteiger partial charge in [0.15, 0.2) is 5.69 Å². The molecule has 0 amide bonds. The first-order chi connectivity index (χ1) is 8.04. The number of hydrogen-bond donors (Lipinski definition) is 0. The zero-order chi connectivity index (χ0) is 12.6. The zero-order valence-corrected chi connectivity index (χ0v) is 10.8. The van der Waals surface area contributed by atoms with Crippen molar-refractivity contribution in [2.45, 2.75) is 33.6 Å². The molecule has 0 aromatic heterocycles. The van der Waals surface area contributed by atoms with Gasteiger partial charge in [0.2, 0.25) is 0 Å². The van der Waals surface area contributed by atoms with Gasteiger partial charge >= 0.3 is 0 Å². The van der Waals surface area contributed by atoms with Gasteiger partial charge in [0.05, 0.1) is 6.57 Å². The number of fused-ring (bicyclic) bond motifs is 1. The molecular formula is C16H17N. The van der Waals surface area contributed by atoms with Crippen LogP contribution in [-0.4, -0.2) is 0 Å². The SMILES string of the molecule is [C-]#[N+]c1cc(C)c2cc(C(C)C)ccc(C)c1-2. The van der Waals surface area contributed by atoms with Crippen molar-refractivity contribution in [3.05, 3.63) is 52.4 Å². The summed E-state index contributed by atoms with van der Waals surface area (Å²) in [5.74, 6) is 0.510. The molecule has 0 aliphatic heterocycles. The lowest BCUT2D eigenvalue weighted by Gasteiger charge is -2.03. The Bertz CT molecular complexity index is 573. The molecule has 2 aliphatic rings. The van der Waals surface area contributed by atoms with Gasteiger partial charge in [0, 0.05) is 0 Å². The van der Waals surface area contributed by atoms with Crippen LogP contribution in [0.2, 0.25) is 0 Å². The van der Waals surface area contributed by atoms with Gasteiger partial charge < -0.3 is 0 Å². The molecule has 0 saturated carbocycles. The van der Waals surface area contributed by atoms with Gasteiger partial charge in [-0.15, -0.1) is 0 Å². The summed E-state index contributed by atoms with van der Waals surface area (Å²) in [4.78, 5) is 3.63. The molecular weight excluding hydrogens is 206 g/mol. The second kappa shape index (κ2) is 4.22. The highest BCUT2D eigenvalue weighted by atomic mass is 14.7. The van der Waals surface area contributed by atoms with Gasteiger partial charge in [-0.2, -0.15) is 0 Å². The third-order valence-electron chi connectivity index (χ3n) is 3.32. The smallest absolute Gasteiger partial charge is 0.195 e. The van der Waals surface area contributed by atoms with Crippen molar-refractivity contribution in [3.8, 4) is 11.1 Å². The fourth-order valence-corrected chi connectivity index (χ4v) is 2.26. The van der Waals surface area contributed by atoms with Crippen LogP contribution in [0.5, 0.6) is 0 Å². The summed E-state index contributed by atoms with van der Waals surface area (Å²) < 4.78 is 0. The molecule has 86 valence electrons. The fraction of sp³-hybridized carbons (Fsp3) is 0.312. The predicted octanol–water partition coefficient (Wildman–Crippen LogP) is 5.08. The Balaban J connectivity index is 2.80. The summed E-state index contributed by atoms with van der Waals surface area (Å²) in [5, 5.41) is 0. The Morgan fingerprint density at radius 3 is 2.35 bits per heavy atom. The Kier molecular flexibility index (Phi) is 2.90. The lowest BCUT2D eigenvalue weighted by molar-refractivity contribution is 0.868. The van der Waals surface area contributed by atoms with Crippen molar-refractivity contribution in [1.29, 1.82) is 0 Å². The molecule has 0 fully saturated rings. The minimum Gasteiger partial charge on any atom is -0.237 e. The van der Waals surface area contributed by atoms with Crippen LogP contribution >= 0.6 is 0 Å². The van der Waals surface area contributed by atoms with Crippen LogP contribution in [0, 0.1) is 20.4 Å². The molecule has 0 heterocycles. The molecule has 1 nitrogen and oxygen atoms in total. The molecule has 0 radical (unpaired) electrons. The van der Waals surface area contributed by atoms with Crippen LogP contribution < -0.4 is 0 Å². The maximum absolute atomic E-state index is 7.26. The minimum absolute atomic E-state index is 0.510. The van der Waals surface area contributed by atoms with Crippen LogP contribution in [0.15, 0.2) is 24.3 Å². The average Bonchev–Trinajstić information content (AvgIpc) is 2.48. The maximum Gasteiger partial charge on any atom is 0.195 e. The summed E-state index contributed by atoms with van der Waals surface area (Å²) in [6.45, 7) is 15.8. The molecule has 0 aromatic carbocycles. The van der Waals surface area contributed by atoms with Crippen LogP contribution in [0.4, 0.5) is 5.69 Å². The molecule has 0 unspecified atom stereocenters. The quantitative estimate of drug-likeness (QED) is 0.594. The number of aryl methyl sites for hydroxylation is 2. The topological polar surface area (TPSA) is 4.36 Å². The number of rotatable bonds is 1. The number of nitrogens with zero attached hydrogens (tertiary/aromatic N) is 1. The summed E-state index contributed by atoms with van der Waals surface area (Å²) in [6.07, 6.45) is 0. The highest BCUT2D eigenvalue weighted by molar-refractivity contribution is 5.87. The first-order valence-electron chi connectivity index (χ1n) is 5.96. The second-order valence-corrected chi connectivity index (χ2v) is 4.93. The van der Waals surface area contributed by atoms with E-state index in [9.17, 15) is 0 Å². The largest absolute Gasteiger partial charge is 0.237 e. The van der Waals surface area contributed by atoms with Crippen molar-refractivity contribution in [1.82, 2.24) is 0 Å². The molecule has 2 rings (SSSR count). The van der Waals surface area contributed by atoms with E-state index in [-0.39, 0.29) is 0 Å². The van der Waals surface area contributed by atoms with Crippen LogP contribution in [-0.2, 0) is 0 Å². The van der Waals surface area contributed by atoms with Gasteiger partial charge in [-0.3, -0.25) is 0 Å². The van der Waals surface area contributed by atoms with Gasteiger partial charge in [0.1, 0.15) is 0 Å². The lowest BCUT2D eigenvalue weighted by atomic mass is 10.0. The minimum atomic E-state index is 0.510. The van der Waals surface area contributed by atoms with E-state index in [1.807, 2.05) is 6.07 Å². The van der Waals surface area contributed by atoms with Crippen molar-refractivity contribution in [2.24, 2.45) is 0 Å². The summed E-state index contributed by atoms with van der Waals surface area (Å²) in [6, 6.07) is 8.53. The first kappa shape index (κ1) is 11.7. The molecule has 1 heteroatoms. The predicted molar refractivity (Wildman–Crippen MR) is 72.9 cm³/mol. The van der Waals surface area contributed by atoms with Crippen molar-refractivity contribution < 1.29 is 0 Å². The van der Waals surface area contributed by atoms with Crippen molar-refractivity contribution in [2.75, 3.05) is 0 Å². The molecule has 0 aromatic rings. The Morgan fingerprint density at radius 2 is 1.76 bits per heavy atom. The molecule has 0 N–H and O–H groups in total. The molecule has 0 bridgehead atoms. The van der Waals surface area contributed by atoms with E-state index in [2.05, 4.69) is 50.7 Å². The maximum atomic E-state index is 7.26. The molecule has 0 saturated heterocycles. The number of hydrogen-bond acceptors (Lipinski definition) is 0. The summed E-state index contributed by atoms with van der Waals surface area (Å²) in [5.41, 5.74) is 6.83. The molecule has 0 atom stereocenters. The fourth-order valence-electron chi connectivity index (χ4n) is 2.26. The van der Waals surface area contributed by atoms with E-state index in [1.165, 1.54) is 22.3 Å². The van der Waals surface area contributed by atoms with Crippen LogP contribution in [0.25, 0.3) is 16.0 Å². The average molecular weight is 223 g/mol. The lowest BCUT2D eigenvalue weighted by Crippen LogP contribution is -1.83. The normalized spacial score (nSPS) is 10.8. The Labute approximate surface area is 103 Å².